The van der Waals surface area contributed by atoms with E-state index in [9.17, 15) is 19.2 Å². The summed E-state index contributed by atoms with van der Waals surface area (Å²) in [6.45, 7) is 2.91. The van der Waals surface area contributed by atoms with Crippen LogP contribution in [0.1, 0.15) is 56.4 Å². The molecule has 2 heterocycles. The second kappa shape index (κ2) is 9.44. The van der Waals surface area contributed by atoms with Crippen LogP contribution in [0.25, 0.3) is 0 Å². The van der Waals surface area contributed by atoms with Gasteiger partial charge in [-0.25, -0.2) is 0 Å². The van der Waals surface area contributed by atoms with Crippen molar-refractivity contribution in [2.75, 3.05) is 26.8 Å². The van der Waals surface area contributed by atoms with Gasteiger partial charge < -0.3 is 14.4 Å². The van der Waals surface area contributed by atoms with E-state index in [0.29, 0.717) is 54.0 Å². The Kier molecular flexibility index (Phi) is 6.44. The molecule has 0 radical (unpaired) electrons. The zero-order chi connectivity index (χ0) is 23.5. The van der Waals surface area contributed by atoms with Crippen LogP contribution in [0.4, 0.5) is 0 Å². The Labute approximate surface area is 192 Å². The fraction of sp³-hybridized carbons (Fsp3) is 0.360. The first-order valence-electron chi connectivity index (χ1n) is 11.0. The van der Waals surface area contributed by atoms with Crippen molar-refractivity contribution in [3.63, 3.8) is 0 Å². The lowest BCUT2D eigenvalue weighted by molar-refractivity contribution is -0.149. The molecule has 1 saturated heterocycles. The first kappa shape index (κ1) is 22.5. The zero-order valence-electron chi connectivity index (χ0n) is 18.7. The number of nitrogens with zero attached hydrogens (tertiary/aromatic N) is 2. The highest BCUT2D eigenvalue weighted by Crippen LogP contribution is 2.28. The average molecular weight is 450 g/mol. The quantitative estimate of drug-likeness (QED) is 0.496. The monoisotopic (exact) mass is 450 g/mol. The van der Waals surface area contributed by atoms with E-state index in [-0.39, 0.29) is 42.7 Å². The number of fused-ring (bicyclic) bond motifs is 1. The summed E-state index contributed by atoms with van der Waals surface area (Å²) in [5, 5.41) is 0. The van der Waals surface area contributed by atoms with Crippen molar-refractivity contribution in [2.45, 2.75) is 26.3 Å². The number of esters is 1. The molecule has 3 amide bonds. The molecule has 0 N–H and O–H groups in total. The minimum atomic E-state index is -0.354. The predicted octanol–water partition coefficient (Wildman–Crippen LogP) is 2.91. The van der Waals surface area contributed by atoms with E-state index in [1.54, 1.807) is 54.3 Å². The van der Waals surface area contributed by atoms with E-state index >= 15 is 0 Å². The van der Waals surface area contributed by atoms with Gasteiger partial charge in [0.05, 0.1) is 42.9 Å². The molecule has 0 saturated carbocycles. The highest BCUT2D eigenvalue weighted by molar-refractivity contribution is 6.21. The normalized spacial score (nSPS) is 17.7. The third kappa shape index (κ3) is 4.33. The Morgan fingerprint density at radius 2 is 1.76 bits per heavy atom. The summed E-state index contributed by atoms with van der Waals surface area (Å²) in [7, 11) is 1.48. The summed E-state index contributed by atoms with van der Waals surface area (Å²) >= 11 is 0. The topological polar surface area (TPSA) is 93.2 Å². The Morgan fingerprint density at radius 1 is 1.06 bits per heavy atom. The summed E-state index contributed by atoms with van der Waals surface area (Å²) in [6.07, 6.45) is 1.38. The number of carbonyl (C=O) groups is 4. The van der Waals surface area contributed by atoms with Gasteiger partial charge in [0.1, 0.15) is 5.75 Å². The second-order valence-electron chi connectivity index (χ2n) is 8.12. The molecule has 0 spiro atoms. The number of amides is 3. The second-order valence-corrected chi connectivity index (χ2v) is 8.12. The van der Waals surface area contributed by atoms with Crippen LogP contribution in [0.5, 0.6) is 5.75 Å². The van der Waals surface area contributed by atoms with Crippen molar-refractivity contribution < 1.29 is 28.7 Å². The van der Waals surface area contributed by atoms with E-state index in [1.807, 2.05) is 0 Å². The van der Waals surface area contributed by atoms with E-state index in [2.05, 4.69) is 0 Å². The largest absolute Gasteiger partial charge is 0.496 e. The van der Waals surface area contributed by atoms with Gasteiger partial charge in [-0.1, -0.05) is 18.2 Å². The van der Waals surface area contributed by atoms with Gasteiger partial charge in [0, 0.05) is 13.1 Å². The van der Waals surface area contributed by atoms with E-state index in [4.69, 9.17) is 9.47 Å². The van der Waals surface area contributed by atoms with Crippen molar-refractivity contribution in [1.29, 1.82) is 0 Å². The van der Waals surface area contributed by atoms with Gasteiger partial charge in [0.2, 0.25) is 0 Å². The third-order valence-electron chi connectivity index (χ3n) is 6.04. The van der Waals surface area contributed by atoms with Crippen LogP contribution in [0.2, 0.25) is 0 Å². The zero-order valence-corrected chi connectivity index (χ0v) is 18.7. The minimum Gasteiger partial charge on any atom is -0.496 e. The van der Waals surface area contributed by atoms with Gasteiger partial charge in [-0.2, -0.15) is 0 Å². The van der Waals surface area contributed by atoms with Crippen molar-refractivity contribution in [1.82, 2.24) is 9.80 Å². The number of piperidine rings is 1. The molecule has 0 aliphatic carbocycles. The van der Waals surface area contributed by atoms with Crippen LogP contribution >= 0.6 is 0 Å². The first-order valence-corrected chi connectivity index (χ1v) is 11.0. The Morgan fingerprint density at radius 3 is 2.39 bits per heavy atom. The van der Waals surface area contributed by atoms with Crippen molar-refractivity contribution >= 4 is 23.7 Å². The highest BCUT2D eigenvalue weighted by Gasteiger charge is 2.35. The molecule has 2 aromatic rings. The predicted molar refractivity (Wildman–Crippen MR) is 119 cm³/mol. The maximum atomic E-state index is 13.3. The summed E-state index contributed by atoms with van der Waals surface area (Å²) in [5.74, 6) is -1.22. The maximum Gasteiger partial charge on any atom is 0.310 e. The fourth-order valence-corrected chi connectivity index (χ4v) is 4.37. The third-order valence-corrected chi connectivity index (χ3v) is 6.04. The lowest BCUT2D eigenvalue weighted by Gasteiger charge is -2.32. The fourth-order valence-electron chi connectivity index (χ4n) is 4.37. The highest BCUT2D eigenvalue weighted by atomic mass is 16.5. The molecule has 0 bridgehead atoms. The minimum absolute atomic E-state index is 0.0437. The maximum absolute atomic E-state index is 13.3. The Bertz CT molecular complexity index is 1080. The van der Waals surface area contributed by atoms with Crippen molar-refractivity contribution in [2.24, 2.45) is 5.92 Å². The molecule has 8 nitrogen and oxygen atoms in total. The average Bonchev–Trinajstić information content (AvgIpc) is 3.08. The van der Waals surface area contributed by atoms with Crippen LogP contribution in [-0.2, 0) is 16.1 Å². The van der Waals surface area contributed by atoms with Gasteiger partial charge in [-0.3, -0.25) is 24.1 Å². The van der Waals surface area contributed by atoms with Gasteiger partial charge in [0.15, 0.2) is 0 Å². The van der Waals surface area contributed by atoms with E-state index in [0.717, 1.165) is 0 Å². The molecule has 8 heteroatoms. The number of methoxy groups -OCH3 is 1. The number of carbonyl (C=O) groups excluding carboxylic acids is 4. The number of hydrogen-bond acceptors (Lipinski definition) is 6. The molecular weight excluding hydrogens is 424 g/mol. The molecule has 1 fully saturated rings. The van der Waals surface area contributed by atoms with Crippen molar-refractivity contribution in [3.8, 4) is 5.75 Å². The van der Waals surface area contributed by atoms with Crippen LogP contribution in [0, 0.1) is 5.92 Å². The van der Waals surface area contributed by atoms with E-state index in [1.165, 1.54) is 12.0 Å². The Hall–Kier alpha value is -3.68. The Balaban J connectivity index is 1.55. The number of likely N-dealkylation sites (tertiary alicyclic amines) is 1. The van der Waals surface area contributed by atoms with Gasteiger partial charge in [-0.05, 0) is 49.6 Å². The molecular formula is C25H26N2O6. The lowest BCUT2D eigenvalue weighted by atomic mass is 9.97. The van der Waals surface area contributed by atoms with Crippen LogP contribution in [0.3, 0.4) is 0 Å². The summed E-state index contributed by atoms with van der Waals surface area (Å²) < 4.78 is 10.5. The molecule has 2 aliphatic rings. The molecule has 0 unspecified atom stereocenters. The molecule has 2 aromatic carbocycles. The standard InChI is InChI=1S/C25H26N2O6/c1-3-33-25(31)17-7-6-12-26(15-17)22(28)20-13-16(10-11-21(20)32-2)14-27-23(29)18-8-4-5-9-19(18)24(27)30/h4-5,8-11,13,17H,3,6-7,12,14-15H2,1-2H3/t17-/m0/s1. The van der Waals surface area contributed by atoms with Crippen LogP contribution in [-0.4, -0.2) is 60.3 Å². The smallest absolute Gasteiger partial charge is 0.310 e. The van der Waals surface area contributed by atoms with Crippen LogP contribution in [0.15, 0.2) is 42.5 Å². The molecule has 172 valence electrons. The summed E-state index contributed by atoms with van der Waals surface area (Å²) in [4.78, 5) is 53.8. The first-order chi connectivity index (χ1) is 15.9. The summed E-state index contributed by atoms with van der Waals surface area (Å²) in [5.41, 5.74) is 1.72. The van der Waals surface area contributed by atoms with Crippen molar-refractivity contribution in [3.05, 3.63) is 64.7 Å². The summed E-state index contributed by atoms with van der Waals surface area (Å²) in [6, 6.07) is 11.8. The molecule has 0 aromatic heterocycles. The molecule has 33 heavy (non-hydrogen) atoms. The van der Waals surface area contributed by atoms with Gasteiger partial charge in [0.25, 0.3) is 17.7 Å². The number of imide groups is 1. The molecule has 1 atom stereocenters. The number of hydrogen-bond donors (Lipinski definition) is 0. The SMILES string of the molecule is CCOC(=O)[C@H]1CCCN(C(=O)c2cc(CN3C(=O)c4ccccc4C3=O)ccc2OC)C1. The number of ether oxygens (including phenoxy) is 2. The lowest BCUT2D eigenvalue weighted by Crippen LogP contribution is -2.43. The van der Waals surface area contributed by atoms with Crippen LogP contribution < -0.4 is 4.74 Å². The van der Waals surface area contributed by atoms with E-state index < -0.39 is 0 Å². The van der Waals surface area contributed by atoms with Gasteiger partial charge in [-0.15, -0.1) is 0 Å². The number of benzene rings is 2. The molecule has 4 rings (SSSR count). The molecule has 2 aliphatic heterocycles. The van der Waals surface area contributed by atoms with Gasteiger partial charge >= 0.3 is 5.97 Å². The number of rotatable bonds is 6.